The highest BCUT2D eigenvalue weighted by atomic mass is 35.5. The Morgan fingerprint density at radius 1 is 1.32 bits per heavy atom. The van der Waals surface area contributed by atoms with Gasteiger partial charge >= 0.3 is 6.03 Å². The van der Waals surface area contributed by atoms with E-state index in [1.807, 2.05) is 26.0 Å². The van der Waals surface area contributed by atoms with Crippen molar-refractivity contribution in [1.82, 2.24) is 10.6 Å². The Kier molecular flexibility index (Phi) is 7.24. The van der Waals surface area contributed by atoms with E-state index in [1.165, 1.54) is 24.2 Å². The van der Waals surface area contributed by atoms with E-state index in [4.69, 9.17) is 11.6 Å². The van der Waals surface area contributed by atoms with Gasteiger partial charge in [0, 0.05) is 10.9 Å². The largest absolute Gasteiger partial charge is 0.336 e. The number of carbonyl (C=O) groups is 1. The summed E-state index contributed by atoms with van der Waals surface area (Å²) in [4.78, 5) is 12.9. The Morgan fingerprint density at radius 2 is 2.05 bits per heavy atom. The minimum atomic E-state index is -0.110. The fourth-order valence-corrected chi connectivity index (χ4v) is 2.93. The highest BCUT2D eigenvalue weighted by Gasteiger charge is 2.13. The molecule has 0 saturated heterocycles. The maximum absolute atomic E-state index is 11.8. The Morgan fingerprint density at radius 3 is 2.63 bits per heavy atom. The summed E-state index contributed by atoms with van der Waals surface area (Å²) in [5.41, 5.74) is 0. The summed E-state index contributed by atoms with van der Waals surface area (Å²) in [6, 6.07) is 3.89. The van der Waals surface area contributed by atoms with Crippen LogP contribution in [0.4, 0.5) is 4.79 Å². The molecule has 0 fully saturated rings. The number of rotatable bonds is 7. The van der Waals surface area contributed by atoms with Gasteiger partial charge in [-0.3, -0.25) is 0 Å². The first kappa shape index (κ1) is 16.3. The normalized spacial score (nSPS) is 13.9. The highest BCUT2D eigenvalue weighted by Crippen LogP contribution is 2.26. The zero-order chi connectivity index (χ0) is 14.3. The number of urea groups is 1. The molecule has 0 saturated carbocycles. The monoisotopic (exact) mass is 302 g/mol. The molecule has 5 heteroatoms. The van der Waals surface area contributed by atoms with Crippen LogP contribution in [-0.4, -0.2) is 12.1 Å². The first-order valence-electron chi connectivity index (χ1n) is 6.85. The Bertz CT molecular complexity index is 395. The Hall–Kier alpha value is -0.740. The number of nitrogens with one attached hydrogen (secondary N) is 2. The summed E-state index contributed by atoms with van der Waals surface area (Å²) in [5, 5.41) is 5.90. The van der Waals surface area contributed by atoms with E-state index >= 15 is 0 Å². The van der Waals surface area contributed by atoms with Crippen molar-refractivity contribution in [1.29, 1.82) is 0 Å². The third-order valence-corrected chi connectivity index (χ3v) is 4.40. The van der Waals surface area contributed by atoms with Gasteiger partial charge in [-0.1, -0.05) is 37.8 Å². The van der Waals surface area contributed by atoms with Crippen LogP contribution in [0, 0.1) is 0 Å². The molecule has 0 radical (unpaired) electrons. The lowest BCUT2D eigenvalue weighted by atomic mass is 10.1. The number of halogens is 1. The third kappa shape index (κ3) is 6.30. The second kappa shape index (κ2) is 8.43. The molecule has 2 N–H and O–H groups in total. The fraction of sp³-hybridized carbons (Fsp3) is 0.643. The molecule has 19 heavy (non-hydrogen) atoms. The van der Waals surface area contributed by atoms with Gasteiger partial charge in [0.05, 0.1) is 10.4 Å². The van der Waals surface area contributed by atoms with Crippen LogP contribution in [0.5, 0.6) is 0 Å². The number of hydrogen-bond donors (Lipinski definition) is 2. The van der Waals surface area contributed by atoms with Crippen LogP contribution in [0.25, 0.3) is 0 Å². The summed E-state index contributed by atoms with van der Waals surface area (Å²) < 4.78 is 0.747. The van der Waals surface area contributed by atoms with Crippen molar-refractivity contribution in [3.05, 3.63) is 21.3 Å². The fourth-order valence-electron chi connectivity index (χ4n) is 1.87. The van der Waals surface area contributed by atoms with Crippen molar-refractivity contribution in [3.8, 4) is 0 Å². The van der Waals surface area contributed by atoms with Crippen LogP contribution < -0.4 is 10.6 Å². The van der Waals surface area contributed by atoms with Gasteiger partial charge in [-0.25, -0.2) is 4.79 Å². The van der Waals surface area contributed by atoms with E-state index < -0.39 is 0 Å². The predicted molar refractivity (Wildman–Crippen MR) is 83.0 cm³/mol. The Balaban J connectivity index is 2.30. The summed E-state index contributed by atoms with van der Waals surface area (Å²) in [6.07, 6.45) is 4.61. The van der Waals surface area contributed by atoms with Crippen molar-refractivity contribution in [2.45, 2.75) is 58.5 Å². The lowest BCUT2D eigenvalue weighted by Gasteiger charge is -2.17. The first-order valence-corrected chi connectivity index (χ1v) is 8.04. The average molecular weight is 303 g/mol. The highest BCUT2D eigenvalue weighted by molar-refractivity contribution is 7.16. The van der Waals surface area contributed by atoms with Crippen molar-refractivity contribution < 1.29 is 4.79 Å². The summed E-state index contributed by atoms with van der Waals surface area (Å²) in [6.45, 7) is 6.18. The molecular formula is C14H23ClN2OS. The minimum Gasteiger partial charge on any atom is -0.336 e. The molecule has 0 aliphatic carbocycles. The lowest BCUT2D eigenvalue weighted by Crippen LogP contribution is -2.41. The molecule has 108 valence electrons. The quantitative estimate of drug-likeness (QED) is 0.702. The summed E-state index contributed by atoms with van der Waals surface area (Å²) >= 11 is 7.38. The first-order chi connectivity index (χ1) is 9.02. The van der Waals surface area contributed by atoms with Crippen LogP contribution in [-0.2, 0) is 0 Å². The maximum atomic E-state index is 11.8. The van der Waals surface area contributed by atoms with Crippen molar-refractivity contribution >= 4 is 29.0 Å². The number of carbonyl (C=O) groups excluding carboxylic acids is 1. The number of unbranched alkanes of at least 4 members (excludes halogenated alkanes) is 2. The average Bonchev–Trinajstić information content (AvgIpc) is 2.76. The van der Waals surface area contributed by atoms with Gasteiger partial charge in [0.1, 0.15) is 0 Å². The molecule has 2 unspecified atom stereocenters. The molecule has 2 atom stereocenters. The molecule has 3 nitrogen and oxygen atoms in total. The molecule has 1 heterocycles. The number of amides is 2. The van der Waals surface area contributed by atoms with E-state index in [2.05, 4.69) is 17.6 Å². The van der Waals surface area contributed by atoms with Crippen LogP contribution in [0.1, 0.15) is 57.4 Å². The zero-order valence-corrected chi connectivity index (χ0v) is 13.4. The van der Waals surface area contributed by atoms with Crippen LogP contribution in [0.15, 0.2) is 12.1 Å². The second-order valence-electron chi connectivity index (χ2n) is 4.88. The van der Waals surface area contributed by atoms with Crippen molar-refractivity contribution in [3.63, 3.8) is 0 Å². The van der Waals surface area contributed by atoms with Gasteiger partial charge in [-0.15, -0.1) is 11.3 Å². The molecule has 0 aromatic carbocycles. The van der Waals surface area contributed by atoms with Gasteiger partial charge in [-0.2, -0.15) is 0 Å². The minimum absolute atomic E-state index is 0.0136. The van der Waals surface area contributed by atoms with Gasteiger partial charge in [0.15, 0.2) is 0 Å². The van der Waals surface area contributed by atoms with E-state index in [0.717, 1.165) is 22.1 Å². The van der Waals surface area contributed by atoms with E-state index in [1.54, 1.807) is 0 Å². The SMILES string of the molecule is CCCCCC(C)NC(=O)NC(C)c1ccc(Cl)s1. The lowest BCUT2D eigenvalue weighted by molar-refractivity contribution is 0.234. The molecule has 2 amide bonds. The van der Waals surface area contributed by atoms with Crippen LogP contribution in [0.2, 0.25) is 4.34 Å². The maximum Gasteiger partial charge on any atom is 0.315 e. The summed E-state index contributed by atoms with van der Waals surface area (Å²) in [7, 11) is 0. The molecule has 0 bridgehead atoms. The van der Waals surface area contributed by atoms with E-state index in [-0.39, 0.29) is 18.1 Å². The van der Waals surface area contributed by atoms with Crippen molar-refractivity contribution in [2.24, 2.45) is 0 Å². The van der Waals surface area contributed by atoms with Crippen molar-refractivity contribution in [2.75, 3.05) is 0 Å². The molecule has 1 aromatic heterocycles. The van der Waals surface area contributed by atoms with Gasteiger partial charge in [-0.05, 0) is 32.4 Å². The Labute approximate surface area is 124 Å². The zero-order valence-electron chi connectivity index (χ0n) is 11.8. The molecular weight excluding hydrogens is 280 g/mol. The topological polar surface area (TPSA) is 41.1 Å². The van der Waals surface area contributed by atoms with Gasteiger partial charge in [0.2, 0.25) is 0 Å². The smallest absolute Gasteiger partial charge is 0.315 e. The molecule has 0 aliphatic rings. The number of hydrogen-bond acceptors (Lipinski definition) is 2. The summed E-state index contributed by atoms with van der Waals surface area (Å²) in [5.74, 6) is 0. The third-order valence-electron chi connectivity index (χ3n) is 2.99. The molecule has 0 aliphatic heterocycles. The van der Waals surface area contributed by atoms with E-state index in [9.17, 15) is 4.79 Å². The standard InChI is InChI=1S/C14H23ClN2OS/c1-4-5-6-7-10(2)16-14(18)17-11(3)12-8-9-13(15)19-12/h8-11H,4-7H2,1-3H3,(H2,16,17,18). The van der Waals surface area contributed by atoms with Crippen LogP contribution in [0.3, 0.4) is 0 Å². The predicted octanol–water partition coefficient (Wildman–Crippen LogP) is 4.73. The van der Waals surface area contributed by atoms with Gasteiger partial charge in [0.25, 0.3) is 0 Å². The molecule has 1 rings (SSSR count). The van der Waals surface area contributed by atoms with Gasteiger partial charge < -0.3 is 10.6 Å². The second-order valence-corrected chi connectivity index (χ2v) is 6.62. The molecule has 1 aromatic rings. The molecule has 0 spiro atoms. The van der Waals surface area contributed by atoms with Crippen LogP contribution >= 0.6 is 22.9 Å². The van der Waals surface area contributed by atoms with E-state index in [0.29, 0.717) is 0 Å². The number of thiophene rings is 1.